The van der Waals surface area contributed by atoms with Gasteiger partial charge in [0.1, 0.15) is 5.82 Å². The Kier molecular flexibility index (Phi) is 5.02. The van der Waals surface area contributed by atoms with E-state index in [0.717, 1.165) is 10.5 Å². The van der Waals surface area contributed by atoms with Crippen molar-refractivity contribution in [3.05, 3.63) is 29.6 Å². The first-order valence-corrected chi connectivity index (χ1v) is 6.86. The van der Waals surface area contributed by atoms with E-state index in [9.17, 15) is 4.39 Å². The molecule has 0 heterocycles. The van der Waals surface area contributed by atoms with Crippen molar-refractivity contribution in [3.63, 3.8) is 0 Å². The Morgan fingerprint density at radius 3 is 2.47 bits per heavy atom. The van der Waals surface area contributed by atoms with Crippen LogP contribution in [0, 0.1) is 5.82 Å². The smallest absolute Gasteiger partial charge is 0.123 e. The molecule has 0 atom stereocenters. The molecule has 1 aromatic rings. The quantitative estimate of drug-likeness (QED) is 0.809. The van der Waals surface area contributed by atoms with Gasteiger partial charge in [-0.1, -0.05) is 13.8 Å². The summed E-state index contributed by atoms with van der Waals surface area (Å²) in [4.78, 5) is 1.16. The number of thioether (sulfide) groups is 1. The molecule has 0 bridgehead atoms. The van der Waals surface area contributed by atoms with Gasteiger partial charge in [0.15, 0.2) is 0 Å². The normalized spacial score (nSPS) is 12.2. The number of hydrogen-bond acceptors (Lipinski definition) is 2. The van der Waals surface area contributed by atoms with E-state index >= 15 is 0 Å². The highest BCUT2D eigenvalue weighted by Gasteiger charge is 2.12. The van der Waals surface area contributed by atoms with Crippen molar-refractivity contribution < 1.29 is 4.39 Å². The van der Waals surface area contributed by atoms with Crippen LogP contribution >= 0.6 is 11.8 Å². The Balaban J connectivity index is 2.83. The minimum Gasteiger partial charge on any atom is -0.308 e. The molecule has 3 heteroatoms. The second-order valence-electron chi connectivity index (χ2n) is 5.52. The van der Waals surface area contributed by atoms with Crippen LogP contribution in [0.5, 0.6) is 0 Å². The fraction of sp³-hybridized carbons (Fsp3) is 0.571. The Hall–Kier alpha value is -0.540. The fourth-order valence-corrected chi connectivity index (χ4v) is 2.35. The van der Waals surface area contributed by atoms with Crippen molar-refractivity contribution in [1.82, 2.24) is 5.32 Å². The lowest BCUT2D eigenvalue weighted by Crippen LogP contribution is -2.35. The topological polar surface area (TPSA) is 12.0 Å². The summed E-state index contributed by atoms with van der Waals surface area (Å²) in [7, 11) is 0. The molecule has 0 aliphatic carbocycles. The van der Waals surface area contributed by atoms with Crippen molar-refractivity contribution in [1.29, 1.82) is 0 Å². The van der Waals surface area contributed by atoms with E-state index in [1.54, 1.807) is 17.8 Å². The fourth-order valence-electron chi connectivity index (χ4n) is 1.42. The van der Waals surface area contributed by atoms with Crippen LogP contribution in [0.15, 0.2) is 23.1 Å². The zero-order valence-electron chi connectivity index (χ0n) is 11.3. The predicted molar refractivity (Wildman–Crippen MR) is 74.0 cm³/mol. The minimum atomic E-state index is -0.163. The van der Waals surface area contributed by atoms with E-state index in [1.807, 2.05) is 6.07 Å². The molecule has 0 saturated carbocycles. The van der Waals surface area contributed by atoms with Crippen LogP contribution in [0.2, 0.25) is 0 Å². The molecule has 96 valence electrons. The van der Waals surface area contributed by atoms with E-state index in [4.69, 9.17) is 0 Å². The summed E-state index contributed by atoms with van der Waals surface area (Å²) in [6.45, 7) is 11.3. The Bertz CT molecular complexity index is 369. The third-order valence-electron chi connectivity index (χ3n) is 2.19. The second-order valence-corrected chi connectivity index (χ2v) is 7.14. The Morgan fingerprint density at radius 2 is 1.94 bits per heavy atom. The summed E-state index contributed by atoms with van der Waals surface area (Å²) in [5.74, 6) is -0.163. The van der Waals surface area contributed by atoms with Crippen molar-refractivity contribution in [2.75, 3.05) is 0 Å². The van der Waals surface area contributed by atoms with Crippen LogP contribution in [0.1, 0.15) is 40.2 Å². The molecule has 0 aliphatic heterocycles. The highest BCUT2D eigenvalue weighted by atomic mass is 32.2. The molecular weight excluding hydrogens is 233 g/mol. The van der Waals surface area contributed by atoms with Gasteiger partial charge in [-0.25, -0.2) is 4.39 Å². The van der Waals surface area contributed by atoms with Gasteiger partial charge in [-0.05, 0) is 44.5 Å². The minimum absolute atomic E-state index is 0.0477. The SMILES string of the molecule is CC(C)Sc1ccc(F)cc1CNC(C)(C)C. The van der Waals surface area contributed by atoms with Gasteiger partial charge < -0.3 is 5.32 Å². The zero-order valence-corrected chi connectivity index (χ0v) is 12.1. The lowest BCUT2D eigenvalue weighted by molar-refractivity contribution is 0.422. The standard InChI is InChI=1S/C14H22FNS/c1-10(2)17-13-7-6-12(15)8-11(13)9-16-14(3,4)5/h6-8,10,16H,9H2,1-5H3. The predicted octanol–water partition coefficient (Wildman–Crippen LogP) is 4.21. The van der Waals surface area contributed by atoms with Gasteiger partial charge >= 0.3 is 0 Å². The molecule has 17 heavy (non-hydrogen) atoms. The molecular formula is C14H22FNS. The Morgan fingerprint density at radius 1 is 1.29 bits per heavy atom. The number of rotatable bonds is 4. The third-order valence-corrected chi connectivity index (χ3v) is 3.32. The van der Waals surface area contributed by atoms with E-state index in [2.05, 4.69) is 39.9 Å². The van der Waals surface area contributed by atoms with Crippen LogP contribution < -0.4 is 5.32 Å². The average molecular weight is 255 g/mol. The maximum absolute atomic E-state index is 13.3. The molecule has 1 rings (SSSR count). The first kappa shape index (κ1) is 14.5. The number of hydrogen-bond donors (Lipinski definition) is 1. The van der Waals surface area contributed by atoms with E-state index in [1.165, 1.54) is 6.07 Å². The van der Waals surface area contributed by atoms with Gasteiger partial charge in [0.2, 0.25) is 0 Å². The summed E-state index contributed by atoms with van der Waals surface area (Å²) < 4.78 is 13.3. The third kappa shape index (κ3) is 5.55. The van der Waals surface area contributed by atoms with Crippen LogP contribution in [-0.4, -0.2) is 10.8 Å². The molecule has 0 aromatic heterocycles. The van der Waals surface area contributed by atoms with Crippen LogP contribution in [-0.2, 0) is 6.54 Å². The zero-order chi connectivity index (χ0) is 13.1. The van der Waals surface area contributed by atoms with Crippen molar-refractivity contribution in [3.8, 4) is 0 Å². The van der Waals surface area contributed by atoms with Gasteiger partial charge in [0.05, 0.1) is 0 Å². The van der Waals surface area contributed by atoms with E-state index in [0.29, 0.717) is 11.8 Å². The monoisotopic (exact) mass is 255 g/mol. The molecule has 1 aromatic carbocycles. The first-order chi connectivity index (χ1) is 7.78. The largest absolute Gasteiger partial charge is 0.308 e. The molecule has 0 amide bonds. The van der Waals surface area contributed by atoms with Gasteiger partial charge in [-0.15, -0.1) is 11.8 Å². The maximum atomic E-state index is 13.3. The molecule has 1 N–H and O–H groups in total. The van der Waals surface area contributed by atoms with Crippen LogP contribution in [0.25, 0.3) is 0 Å². The summed E-state index contributed by atoms with van der Waals surface area (Å²) in [6, 6.07) is 5.04. The Labute approximate surface area is 108 Å². The molecule has 0 saturated heterocycles. The lowest BCUT2D eigenvalue weighted by atomic mass is 10.1. The van der Waals surface area contributed by atoms with E-state index < -0.39 is 0 Å². The molecule has 0 unspecified atom stereocenters. The number of benzene rings is 1. The summed E-state index contributed by atoms with van der Waals surface area (Å²) >= 11 is 1.78. The lowest BCUT2D eigenvalue weighted by Gasteiger charge is -2.22. The molecule has 1 nitrogen and oxygen atoms in total. The molecule has 0 radical (unpaired) electrons. The van der Waals surface area contributed by atoms with Gasteiger partial charge in [-0.3, -0.25) is 0 Å². The highest BCUT2D eigenvalue weighted by molar-refractivity contribution is 8.00. The van der Waals surface area contributed by atoms with Crippen molar-refractivity contribution in [2.24, 2.45) is 0 Å². The maximum Gasteiger partial charge on any atom is 0.123 e. The van der Waals surface area contributed by atoms with Crippen LogP contribution in [0.4, 0.5) is 4.39 Å². The molecule has 0 aliphatic rings. The molecule has 0 fully saturated rings. The first-order valence-electron chi connectivity index (χ1n) is 5.98. The van der Waals surface area contributed by atoms with Crippen molar-refractivity contribution in [2.45, 2.75) is 56.8 Å². The van der Waals surface area contributed by atoms with Gasteiger partial charge in [0, 0.05) is 22.2 Å². The van der Waals surface area contributed by atoms with Gasteiger partial charge in [-0.2, -0.15) is 0 Å². The van der Waals surface area contributed by atoms with E-state index in [-0.39, 0.29) is 11.4 Å². The average Bonchev–Trinajstić information content (AvgIpc) is 2.16. The van der Waals surface area contributed by atoms with Crippen molar-refractivity contribution >= 4 is 11.8 Å². The molecule has 0 spiro atoms. The highest BCUT2D eigenvalue weighted by Crippen LogP contribution is 2.27. The summed E-state index contributed by atoms with van der Waals surface area (Å²) in [6.07, 6.45) is 0. The number of halogens is 1. The number of nitrogens with one attached hydrogen (secondary N) is 1. The van der Waals surface area contributed by atoms with Crippen LogP contribution in [0.3, 0.4) is 0 Å². The summed E-state index contributed by atoms with van der Waals surface area (Å²) in [5.41, 5.74) is 1.09. The second kappa shape index (κ2) is 5.87. The summed E-state index contributed by atoms with van der Waals surface area (Å²) in [5, 5.41) is 3.91. The van der Waals surface area contributed by atoms with Gasteiger partial charge in [0.25, 0.3) is 0 Å².